The van der Waals surface area contributed by atoms with Crippen molar-refractivity contribution in [2.24, 2.45) is 17.0 Å². The van der Waals surface area contributed by atoms with Crippen molar-refractivity contribution in [3.05, 3.63) is 60.4 Å². The maximum Gasteiger partial charge on any atom is 0.333 e. The van der Waals surface area contributed by atoms with Gasteiger partial charge < -0.3 is 9.47 Å². The number of benzene rings is 2. The van der Waals surface area contributed by atoms with E-state index in [1.54, 1.807) is 6.07 Å². The maximum atomic E-state index is 11.0. The van der Waals surface area contributed by atoms with Gasteiger partial charge in [0.05, 0.1) is 12.7 Å². The van der Waals surface area contributed by atoms with Crippen LogP contribution in [0.3, 0.4) is 0 Å². The second-order valence-corrected chi connectivity index (χ2v) is 9.11. The molecule has 3 atom stereocenters. The van der Waals surface area contributed by atoms with Gasteiger partial charge in [-0.25, -0.2) is 15.1 Å². The highest BCUT2D eigenvalue weighted by atomic mass is 32.2. The standard InChI is InChI=1S/C22H25N3O5S/c1-15-8-20(10-19(15)13-29-31(23,26)27)30-22-11-21(24-14-25-22)28-12-16-6-7-17-4-2-3-5-18(17)9-16/h2-7,9,11,14-15,19-20H,8,10,12-13H2,1H3,(H2,23,26,27)/t15-,19-,20-/m0/s1. The van der Waals surface area contributed by atoms with E-state index in [0.717, 1.165) is 17.4 Å². The molecule has 1 heterocycles. The zero-order chi connectivity index (χ0) is 21.8. The molecule has 2 N–H and O–H groups in total. The smallest absolute Gasteiger partial charge is 0.333 e. The molecule has 164 valence electrons. The second-order valence-electron chi connectivity index (χ2n) is 7.89. The predicted octanol–water partition coefficient (Wildman–Crippen LogP) is 3.22. The van der Waals surface area contributed by atoms with Crippen molar-refractivity contribution < 1.29 is 22.1 Å². The summed E-state index contributed by atoms with van der Waals surface area (Å²) in [6, 6.07) is 16.0. The second kappa shape index (κ2) is 9.17. The molecule has 0 bridgehead atoms. The first-order valence-electron chi connectivity index (χ1n) is 10.1. The quantitative estimate of drug-likeness (QED) is 0.568. The topological polar surface area (TPSA) is 114 Å². The molecule has 3 aromatic rings. The van der Waals surface area contributed by atoms with Crippen LogP contribution in [0.1, 0.15) is 25.3 Å². The summed E-state index contributed by atoms with van der Waals surface area (Å²) in [6.45, 7) is 2.48. The molecule has 0 spiro atoms. The van der Waals surface area contributed by atoms with Crippen LogP contribution in [0.2, 0.25) is 0 Å². The molecule has 9 heteroatoms. The molecule has 31 heavy (non-hydrogen) atoms. The van der Waals surface area contributed by atoms with Crippen LogP contribution in [0, 0.1) is 11.8 Å². The van der Waals surface area contributed by atoms with Gasteiger partial charge in [0.2, 0.25) is 11.8 Å². The van der Waals surface area contributed by atoms with Crippen LogP contribution >= 0.6 is 0 Å². The van der Waals surface area contributed by atoms with E-state index in [0.29, 0.717) is 24.8 Å². The Bertz CT molecular complexity index is 1150. The van der Waals surface area contributed by atoms with E-state index in [1.807, 2.05) is 25.1 Å². The lowest BCUT2D eigenvalue weighted by Crippen LogP contribution is -2.22. The van der Waals surface area contributed by atoms with Crippen molar-refractivity contribution >= 4 is 21.1 Å². The summed E-state index contributed by atoms with van der Waals surface area (Å²) in [6.07, 6.45) is 2.75. The molecule has 1 aromatic heterocycles. The van der Waals surface area contributed by atoms with Crippen LogP contribution in [-0.4, -0.2) is 31.1 Å². The van der Waals surface area contributed by atoms with Gasteiger partial charge in [0, 0.05) is 0 Å². The number of ether oxygens (including phenoxy) is 2. The van der Waals surface area contributed by atoms with Crippen LogP contribution in [0.25, 0.3) is 10.8 Å². The third kappa shape index (κ3) is 5.90. The van der Waals surface area contributed by atoms with E-state index in [9.17, 15) is 8.42 Å². The lowest BCUT2D eigenvalue weighted by atomic mass is 10.00. The number of hydrogen-bond acceptors (Lipinski definition) is 7. The van der Waals surface area contributed by atoms with Crippen LogP contribution in [0.4, 0.5) is 0 Å². The van der Waals surface area contributed by atoms with E-state index in [-0.39, 0.29) is 24.5 Å². The van der Waals surface area contributed by atoms with Crippen LogP contribution in [0.5, 0.6) is 11.8 Å². The lowest BCUT2D eigenvalue weighted by molar-refractivity contribution is 0.182. The molecule has 0 saturated heterocycles. The summed E-state index contributed by atoms with van der Waals surface area (Å²) in [5, 5.41) is 7.26. The van der Waals surface area contributed by atoms with Crippen molar-refractivity contribution in [2.75, 3.05) is 6.61 Å². The van der Waals surface area contributed by atoms with Gasteiger partial charge in [0.1, 0.15) is 19.0 Å². The highest BCUT2D eigenvalue weighted by molar-refractivity contribution is 7.84. The molecular weight excluding hydrogens is 418 g/mol. The highest BCUT2D eigenvalue weighted by Gasteiger charge is 2.34. The van der Waals surface area contributed by atoms with Crippen molar-refractivity contribution in [3.8, 4) is 11.8 Å². The van der Waals surface area contributed by atoms with Crippen molar-refractivity contribution in [2.45, 2.75) is 32.5 Å². The molecule has 0 aliphatic heterocycles. The molecular formula is C22H25N3O5S. The van der Waals surface area contributed by atoms with Gasteiger partial charge in [-0.15, -0.1) is 0 Å². The molecule has 1 aliphatic rings. The SMILES string of the molecule is C[C@H]1C[C@H](Oc2cc(OCc3ccc4ccccc4c3)ncn2)C[C@H]1COS(N)(=O)=O. The Morgan fingerprint density at radius 2 is 1.81 bits per heavy atom. The Morgan fingerprint density at radius 1 is 1.03 bits per heavy atom. The van der Waals surface area contributed by atoms with Gasteiger partial charge in [-0.3, -0.25) is 4.18 Å². The minimum atomic E-state index is -3.94. The van der Waals surface area contributed by atoms with E-state index < -0.39 is 10.3 Å². The van der Waals surface area contributed by atoms with Gasteiger partial charge in [0.15, 0.2) is 0 Å². The van der Waals surface area contributed by atoms with Gasteiger partial charge in [0.25, 0.3) is 0 Å². The Labute approximate surface area is 181 Å². The fourth-order valence-corrected chi connectivity index (χ4v) is 4.27. The Kier molecular flexibility index (Phi) is 6.35. The maximum absolute atomic E-state index is 11.0. The van der Waals surface area contributed by atoms with Gasteiger partial charge in [-0.05, 0) is 47.1 Å². The zero-order valence-corrected chi connectivity index (χ0v) is 18.0. The van der Waals surface area contributed by atoms with Crippen molar-refractivity contribution in [3.63, 3.8) is 0 Å². The molecule has 1 saturated carbocycles. The molecule has 0 unspecified atom stereocenters. The summed E-state index contributed by atoms with van der Waals surface area (Å²) in [7, 11) is -3.94. The summed E-state index contributed by atoms with van der Waals surface area (Å²) < 4.78 is 38.6. The highest BCUT2D eigenvalue weighted by Crippen LogP contribution is 2.34. The number of rotatable bonds is 8. The average Bonchev–Trinajstić information content (AvgIpc) is 3.09. The third-order valence-electron chi connectivity index (χ3n) is 5.56. The molecule has 1 fully saturated rings. The fraction of sp³-hybridized carbons (Fsp3) is 0.364. The van der Waals surface area contributed by atoms with Crippen LogP contribution < -0.4 is 14.6 Å². The summed E-state index contributed by atoms with van der Waals surface area (Å²) >= 11 is 0. The van der Waals surface area contributed by atoms with Gasteiger partial charge >= 0.3 is 10.3 Å². The minimum Gasteiger partial charge on any atom is -0.474 e. The van der Waals surface area contributed by atoms with E-state index in [1.165, 1.54) is 11.7 Å². The minimum absolute atomic E-state index is 0.0498. The van der Waals surface area contributed by atoms with Crippen molar-refractivity contribution in [1.29, 1.82) is 0 Å². The fourth-order valence-electron chi connectivity index (χ4n) is 3.91. The Morgan fingerprint density at radius 3 is 2.61 bits per heavy atom. The first kappa shape index (κ1) is 21.5. The average molecular weight is 444 g/mol. The lowest BCUT2D eigenvalue weighted by Gasteiger charge is -2.14. The monoisotopic (exact) mass is 443 g/mol. The number of aromatic nitrogens is 2. The van der Waals surface area contributed by atoms with Crippen molar-refractivity contribution in [1.82, 2.24) is 9.97 Å². The summed E-state index contributed by atoms with van der Waals surface area (Å²) in [5.74, 6) is 1.15. The van der Waals surface area contributed by atoms with E-state index in [2.05, 4.69) is 34.2 Å². The Balaban J connectivity index is 1.34. The van der Waals surface area contributed by atoms with Crippen LogP contribution in [-0.2, 0) is 21.1 Å². The van der Waals surface area contributed by atoms with E-state index >= 15 is 0 Å². The first-order valence-corrected chi connectivity index (χ1v) is 11.6. The number of nitrogens with zero attached hydrogens (tertiary/aromatic N) is 2. The molecule has 4 rings (SSSR count). The normalized spacial score (nSPS) is 21.3. The number of fused-ring (bicyclic) bond motifs is 1. The van der Waals surface area contributed by atoms with Crippen LogP contribution in [0.15, 0.2) is 54.9 Å². The number of nitrogens with two attached hydrogens (primary N) is 1. The summed E-state index contributed by atoms with van der Waals surface area (Å²) in [5.41, 5.74) is 1.04. The first-order chi connectivity index (χ1) is 14.9. The third-order valence-corrected chi connectivity index (χ3v) is 6.02. The largest absolute Gasteiger partial charge is 0.474 e. The molecule has 1 aliphatic carbocycles. The van der Waals surface area contributed by atoms with E-state index in [4.69, 9.17) is 18.8 Å². The Hall–Kier alpha value is -2.75. The molecule has 2 aromatic carbocycles. The molecule has 0 radical (unpaired) electrons. The predicted molar refractivity (Wildman–Crippen MR) is 116 cm³/mol. The number of hydrogen-bond donors (Lipinski definition) is 1. The zero-order valence-electron chi connectivity index (χ0n) is 17.2. The molecule has 8 nitrogen and oxygen atoms in total. The van der Waals surface area contributed by atoms with Gasteiger partial charge in [-0.1, -0.05) is 43.3 Å². The van der Waals surface area contributed by atoms with Gasteiger partial charge in [-0.2, -0.15) is 8.42 Å². The summed E-state index contributed by atoms with van der Waals surface area (Å²) in [4.78, 5) is 8.34. The molecule has 0 amide bonds.